The summed E-state index contributed by atoms with van der Waals surface area (Å²) in [7, 11) is 0. The van der Waals surface area contributed by atoms with E-state index in [0.717, 1.165) is 25.7 Å². The molecule has 0 saturated heterocycles. The molecular weight excluding hydrogens is 250 g/mol. The summed E-state index contributed by atoms with van der Waals surface area (Å²) in [4.78, 5) is 3.97. The molecule has 1 aliphatic carbocycles. The van der Waals surface area contributed by atoms with E-state index in [4.69, 9.17) is 5.26 Å². The zero-order valence-electron chi connectivity index (χ0n) is 12.4. The average Bonchev–Trinajstić information content (AvgIpc) is 2.95. The molecule has 0 bridgehead atoms. The van der Waals surface area contributed by atoms with Crippen LogP contribution in [0.4, 0.5) is 0 Å². The molecule has 0 amide bonds. The summed E-state index contributed by atoms with van der Waals surface area (Å²) in [5.41, 5.74) is 0.275. The molecule has 3 unspecified atom stereocenters. The van der Waals surface area contributed by atoms with Gasteiger partial charge >= 0.3 is 0 Å². The molecule has 20 heavy (non-hydrogen) atoms. The lowest BCUT2D eigenvalue weighted by atomic mass is 9.66. The zero-order chi connectivity index (χ0) is 14.8. The van der Waals surface area contributed by atoms with Crippen molar-refractivity contribution in [1.29, 1.82) is 10.5 Å². The maximum Gasteiger partial charge on any atom is 0.252 e. The Morgan fingerprint density at radius 2 is 2.15 bits per heavy atom. The molecule has 1 aromatic rings. The van der Waals surface area contributed by atoms with Crippen LogP contribution in [0, 0.1) is 39.9 Å². The lowest BCUT2D eigenvalue weighted by molar-refractivity contribution is 0.0990. The van der Waals surface area contributed by atoms with Gasteiger partial charge in [0.25, 0.3) is 5.82 Å². The lowest BCUT2D eigenvalue weighted by Crippen LogP contribution is -2.34. The maximum absolute atomic E-state index is 9.36. The molecule has 2 rings (SSSR count). The predicted molar refractivity (Wildman–Crippen MR) is 74.3 cm³/mol. The van der Waals surface area contributed by atoms with E-state index < -0.39 is 0 Å². The highest BCUT2D eigenvalue weighted by Gasteiger charge is 2.38. The minimum Gasteiger partial charge on any atom is -0.247 e. The molecule has 0 N–H and O–H groups in total. The van der Waals surface area contributed by atoms with Gasteiger partial charge in [0, 0.05) is 0 Å². The lowest BCUT2D eigenvalue weighted by Gasteiger charge is -2.41. The second kappa shape index (κ2) is 5.63. The normalized spacial score (nSPS) is 26.8. The fraction of sp³-hybridized carbons (Fsp3) is 0.733. The standard InChI is InChI=1S/C15H21N5/c1-4-15(2,3)12-6-5-11(8-16)13(7-12)20-10-18-14(9-17)19-20/h10-13H,4-7H2,1-3H3. The van der Waals surface area contributed by atoms with Crippen molar-refractivity contribution in [2.75, 3.05) is 0 Å². The van der Waals surface area contributed by atoms with Crippen molar-refractivity contribution in [3.05, 3.63) is 12.2 Å². The summed E-state index contributed by atoms with van der Waals surface area (Å²) >= 11 is 0. The SMILES string of the molecule is CCC(C)(C)C1CCC(C#N)C(n2cnc(C#N)n2)C1. The first-order chi connectivity index (χ1) is 9.51. The third-order valence-corrected chi connectivity index (χ3v) is 4.95. The van der Waals surface area contributed by atoms with Gasteiger partial charge in [-0.25, -0.2) is 9.67 Å². The molecule has 5 nitrogen and oxygen atoms in total. The van der Waals surface area contributed by atoms with E-state index in [2.05, 4.69) is 36.9 Å². The first-order valence-corrected chi connectivity index (χ1v) is 7.22. The molecular formula is C15H21N5. The first-order valence-electron chi connectivity index (χ1n) is 7.22. The van der Waals surface area contributed by atoms with Crippen LogP contribution in [-0.2, 0) is 0 Å². The highest BCUT2D eigenvalue weighted by Crippen LogP contribution is 2.45. The average molecular weight is 271 g/mol. The van der Waals surface area contributed by atoms with Crippen molar-refractivity contribution in [3.63, 3.8) is 0 Å². The topological polar surface area (TPSA) is 78.3 Å². The van der Waals surface area contributed by atoms with E-state index in [0.29, 0.717) is 5.92 Å². The molecule has 1 fully saturated rings. The Hall–Kier alpha value is -1.88. The minimum atomic E-state index is -0.0350. The van der Waals surface area contributed by atoms with Crippen molar-refractivity contribution in [2.45, 2.75) is 52.5 Å². The van der Waals surface area contributed by atoms with Crippen molar-refractivity contribution in [3.8, 4) is 12.1 Å². The number of nitriles is 2. The van der Waals surface area contributed by atoms with Crippen LogP contribution >= 0.6 is 0 Å². The van der Waals surface area contributed by atoms with E-state index >= 15 is 0 Å². The van der Waals surface area contributed by atoms with Crippen molar-refractivity contribution in [1.82, 2.24) is 14.8 Å². The Kier molecular flexibility index (Phi) is 4.09. The summed E-state index contributed by atoms with van der Waals surface area (Å²) in [6, 6.07) is 4.39. The van der Waals surface area contributed by atoms with Gasteiger partial charge in [0.15, 0.2) is 0 Å². The van der Waals surface area contributed by atoms with Crippen LogP contribution < -0.4 is 0 Å². The predicted octanol–water partition coefficient (Wildman–Crippen LogP) is 3.07. The molecule has 1 aliphatic rings. The highest BCUT2D eigenvalue weighted by molar-refractivity contribution is 5.07. The Morgan fingerprint density at radius 1 is 1.40 bits per heavy atom. The molecule has 1 saturated carbocycles. The third kappa shape index (κ3) is 2.67. The quantitative estimate of drug-likeness (QED) is 0.846. The molecule has 0 aromatic carbocycles. The largest absolute Gasteiger partial charge is 0.252 e. The van der Waals surface area contributed by atoms with Crippen LogP contribution in [0.15, 0.2) is 6.33 Å². The Morgan fingerprint density at radius 3 is 2.70 bits per heavy atom. The third-order valence-electron chi connectivity index (χ3n) is 4.95. The summed E-state index contributed by atoms with van der Waals surface area (Å²) in [5.74, 6) is 0.725. The van der Waals surface area contributed by atoms with Crippen LogP contribution in [0.5, 0.6) is 0 Å². The Bertz CT molecular complexity index is 545. The molecule has 0 radical (unpaired) electrons. The van der Waals surface area contributed by atoms with Gasteiger partial charge in [-0.05, 0) is 30.6 Å². The fourth-order valence-corrected chi connectivity index (χ4v) is 3.07. The first kappa shape index (κ1) is 14.5. The molecule has 106 valence electrons. The van der Waals surface area contributed by atoms with E-state index in [1.165, 1.54) is 0 Å². The van der Waals surface area contributed by atoms with Crippen LogP contribution in [0.3, 0.4) is 0 Å². The highest BCUT2D eigenvalue weighted by atomic mass is 15.3. The molecule has 1 aromatic heterocycles. The van der Waals surface area contributed by atoms with Crippen molar-refractivity contribution in [2.24, 2.45) is 17.3 Å². The van der Waals surface area contributed by atoms with E-state index in [9.17, 15) is 5.26 Å². The van der Waals surface area contributed by atoms with Crippen LogP contribution in [0.2, 0.25) is 0 Å². The number of rotatable bonds is 3. The Labute approximate surface area is 120 Å². The van der Waals surface area contributed by atoms with Crippen LogP contribution in [-0.4, -0.2) is 14.8 Å². The van der Waals surface area contributed by atoms with Gasteiger partial charge in [-0.15, -0.1) is 5.10 Å². The maximum atomic E-state index is 9.36. The van der Waals surface area contributed by atoms with Gasteiger partial charge in [0.2, 0.25) is 0 Å². The molecule has 1 heterocycles. The van der Waals surface area contributed by atoms with E-state index in [-0.39, 0.29) is 23.2 Å². The molecule has 3 atom stereocenters. The number of hydrogen-bond donors (Lipinski definition) is 0. The fourth-order valence-electron chi connectivity index (χ4n) is 3.07. The van der Waals surface area contributed by atoms with E-state index in [1.54, 1.807) is 11.0 Å². The monoisotopic (exact) mass is 271 g/mol. The molecule has 5 heteroatoms. The van der Waals surface area contributed by atoms with Gasteiger partial charge in [-0.1, -0.05) is 27.2 Å². The second-order valence-electron chi connectivity index (χ2n) is 6.32. The minimum absolute atomic E-state index is 0.0350. The van der Waals surface area contributed by atoms with Gasteiger partial charge in [-0.3, -0.25) is 0 Å². The second-order valence-corrected chi connectivity index (χ2v) is 6.32. The number of nitrogens with zero attached hydrogens (tertiary/aromatic N) is 5. The van der Waals surface area contributed by atoms with Crippen molar-refractivity contribution < 1.29 is 0 Å². The molecule has 0 spiro atoms. The number of aromatic nitrogens is 3. The molecule has 0 aliphatic heterocycles. The van der Waals surface area contributed by atoms with Gasteiger partial charge < -0.3 is 0 Å². The summed E-state index contributed by atoms with van der Waals surface area (Å²) in [6.07, 6.45) is 5.65. The smallest absolute Gasteiger partial charge is 0.247 e. The van der Waals surface area contributed by atoms with Gasteiger partial charge in [0.05, 0.1) is 18.0 Å². The van der Waals surface area contributed by atoms with Crippen LogP contribution in [0.1, 0.15) is 58.3 Å². The number of hydrogen-bond acceptors (Lipinski definition) is 4. The summed E-state index contributed by atoms with van der Waals surface area (Å²) in [6.45, 7) is 6.81. The van der Waals surface area contributed by atoms with Crippen molar-refractivity contribution >= 4 is 0 Å². The van der Waals surface area contributed by atoms with Crippen LogP contribution in [0.25, 0.3) is 0 Å². The van der Waals surface area contributed by atoms with Gasteiger partial charge in [0.1, 0.15) is 12.4 Å². The van der Waals surface area contributed by atoms with E-state index in [1.807, 2.05) is 6.07 Å². The summed E-state index contributed by atoms with van der Waals surface area (Å²) < 4.78 is 1.73. The zero-order valence-corrected chi connectivity index (χ0v) is 12.4. The summed E-state index contributed by atoms with van der Waals surface area (Å²) in [5, 5.41) is 22.4. The Balaban J connectivity index is 2.24. The van der Waals surface area contributed by atoms with Gasteiger partial charge in [-0.2, -0.15) is 10.5 Å².